The lowest BCUT2D eigenvalue weighted by molar-refractivity contribution is 0.0734. The standard InChI is InChI=1S/C22H14O4/c23-21-18-12-11-17(25-22(24)16-9-5-2-6-10-16)14-19(18)26-20(21)13-15-7-3-1-4-8-15/h1-14H/b20-13+. The molecule has 3 aromatic rings. The van der Waals surface area contributed by atoms with Crippen LogP contribution >= 0.6 is 0 Å². The van der Waals surface area contributed by atoms with Crippen LogP contribution in [-0.4, -0.2) is 11.8 Å². The number of benzene rings is 3. The molecular formula is C22H14O4. The van der Waals surface area contributed by atoms with Gasteiger partial charge in [-0.25, -0.2) is 4.79 Å². The van der Waals surface area contributed by atoms with Crippen molar-refractivity contribution in [1.82, 2.24) is 0 Å². The van der Waals surface area contributed by atoms with Crippen molar-refractivity contribution in [3.8, 4) is 11.5 Å². The van der Waals surface area contributed by atoms with E-state index in [2.05, 4.69) is 0 Å². The van der Waals surface area contributed by atoms with Crippen LogP contribution in [0.3, 0.4) is 0 Å². The summed E-state index contributed by atoms with van der Waals surface area (Å²) in [4.78, 5) is 24.6. The maximum Gasteiger partial charge on any atom is 0.343 e. The van der Waals surface area contributed by atoms with Gasteiger partial charge in [0, 0.05) is 6.07 Å². The predicted octanol–water partition coefficient (Wildman–Crippen LogP) is 4.52. The van der Waals surface area contributed by atoms with Gasteiger partial charge in [-0.05, 0) is 35.9 Å². The van der Waals surface area contributed by atoms with Crippen LogP contribution in [-0.2, 0) is 0 Å². The van der Waals surface area contributed by atoms with Crippen LogP contribution in [0.25, 0.3) is 6.08 Å². The maximum atomic E-state index is 12.5. The summed E-state index contributed by atoms with van der Waals surface area (Å²) >= 11 is 0. The number of hydrogen-bond acceptors (Lipinski definition) is 4. The van der Waals surface area contributed by atoms with E-state index in [1.807, 2.05) is 36.4 Å². The average Bonchev–Trinajstić information content (AvgIpc) is 2.98. The molecule has 0 saturated carbocycles. The number of allylic oxidation sites excluding steroid dienone is 1. The number of esters is 1. The molecule has 0 atom stereocenters. The third kappa shape index (κ3) is 3.13. The topological polar surface area (TPSA) is 52.6 Å². The minimum Gasteiger partial charge on any atom is -0.452 e. The third-order valence-electron chi connectivity index (χ3n) is 3.96. The van der Waals surface area contributed by atoms with Crippen molar-refractivity contribution in [3.05, 3.63) is 101 Å². The van der Waals surface area contributed by atoms with E-state index in [1.54, 1.807) is 48.5 Å². The number of rotatable bonds is 3. The monoisotopic (exact) mass is 342 g/mol. The lowest BCUT2D eigenvalue weighted by Gasteiger charge is -2.05. The van der Waals surface area contributed by atoms with Crippen molar-refractivity contribution >= 4 is 17.8 Å². The number of fused-ring (bicyclic) bond motifs is 1. The highest BCUT2D eigenvalue weighted by molar-refractivity contribution is 6.14. The lowest BCUT2D eigenvalue weighted by Crippen LogP contribution is -2.08. The maximum absolute atomic E-state index is 12.5. The molecule has 3 aromatic carbocycles. The van der Waals surface area contributed by atoms with Crippen LogP contribution < -0.4 is 9.47 Å². The van der Waals surface area contributed by atoms with Gasteiger partial charge in [0.25, 0.3) is 0 Å². The zero-order chi connectivity index (χ0) is 17.9. The first kappa shape index (κ1) is 15.8. The summed E-state index contributed by atoms with van der Waals surface area (Å²) in [5, 5.41) is 0. The van der Waals surface area contributed by atoms with Crippen molar-refractivity contribution in [2.45, 2.75) is 0 Å². The van der Waals surface area contributed by atoms with E-state index in [9.17, 15) is 9.59 Å². The Kier molecular flexibility index (Phi) is 4.07. The second kappa shape index (κ2) is 6.69. The largest absolute Gasteiger partial charge is 0.452 e. The Labute approximate surface area is 150 Å². The first-order valence-electron chi connectivity index (χ1n) is 8.11. The molecule has 1 heterocycles. The van der Waals surface area contributed by atoms with Gasteiger partial charge in [-0.2, -0.15) is 0 Å². The first-order valence-corrected chi connectivity index (χ1v) is 8.11. The Morgan fingerprint density at radius 2 is 1.58 bits per heavy atom. The van der Waals surface area contributed by atoms with E-state index in [4.69, 9.17) is 9.47 Å². The second-order valence-corrected chi connectivity index (χ2v) is 5.76. The molecule has 0 fully saturated rings. The van der Waals surface area contributed by atoms with Crippen LogP contribution in [0.4, 0.5) is 0 Å². The van der Waals surface area contributed by atoms with Crippen LogP contribution in [0.5, 0.6) is 11.5 Å². The van der Waals surface area contributed by atoms with Crippen molar-refractivity contribution in [2.24, 2.45) is 0 Å². The van der Waals surface area contributed by atoms with Gasteiger partial charge in [0.2, 0.25) is 5.78 Å². The highest BCUT2D eigenvalue weighted by atomic mass is 16.5. The fourth-order valence-corrected chi connectivity index (χ4v) is 2.67. The van der Waals surface area contributed by atoms with Gasteiger partial charge in [-0.15, -0.1) is 0 Å². The highest BCUT2D eigenvalue weighted by Gasteiger charge is 2.28. The molecule has 4 nitrogen and oxygen atoms in total. The van der Waals surface area contributed by atoms with E-state index in [0.29, 0.717) is 22.6 Å². The summed E-state index contributed by atoms with van der Waals surface area (Å²) in [6, 6.07) is 22.9. The fraction of sp³-hybridized carbons (Fsp3) is 0. The lowest BCUT2D eigenvalue weighted by atomic mass is 10.1. The molecule has 0 N–H and O–H groups in total. The summed E-state index contributed by atoms with van der Waals surface area (Å²) in [7, 11) is 0. The number of carbonyl (C=O) groups is 2. The average molecular weight is 342 g/mol. The minimum atomic E-state index is -0.463. The molecule has 0 amide bonds. The Balaban J connectivity index is 1.56. The van der Waals surface area contributed by atoms with Crippen molar-refractivity contribution in [1.29, 1.82) is 0 Å². The van der Waals surface area contributed by atoms with Crippen LogP contribution in [0.15, 0.2) is 84.6 Å². The Bertz CT molecular complexity index is 1000. The molecule has 0 unspecified atom stereocenters. The van der Waals surface area contributed by atoms with Gasteiger partial charge in [-0.1, -0.05) is 48.5 Å². The summed E-state index contributed by atoms with van der Waals surface area (Å²) in [5.41, 5.74) is 1.78. The van der Waals surface area contributed by atoms with Crippen molar-refractivity contribution in [3.63, 3.8) is 0 Å². The number of ether oxygens (including phenoxy) is 2. The molecular weight excluding hydrogens is 328 g/mol. The smallest absolute Gasteiger partial charge is 0.343 e. The Morgan fingerprint density at radius 1 is 0.885 bits per heavy atom. The Hall–Kier alpha value is -3.66. The molecule has 0 aromatic heterocycles. The van der Waals surface area contributed by atoms with Crippen LogP contribution in [0.1, 0.15) is 26.3 Å². The number of hydrogen-bond donors (Lipinski definition) is 0. The van der Waals surface area contributed by atoms with Gasteiger partial charge in [0.15, 0.2) is 5.76 Å². The third-order valence-corrected chi connectivity index (χ3v) is 3.96. The molecule has 4 rings (SSSR count). The van der Waals surface area contributed by atoms with E-state index < -0.39 is 5.97 Å². The molecule has 1 aliphatic heterocycles. The summed E-state index contributed by atoms with van der Waals surface area (Å²) in [6.07, 6.45) is 1.69. The number of carbonyl (C=O) groups excluding carboxylic acids is 2. The van der Waals surface area contributed by atoms with Gasteiger partial charge < -0.3 is 9.47 Å². The number of Topliss-reactive ketones (excluding diaryl/α,β-unsaturated/α-hetero) is 1. The molecule has 4 heteroatoms. The van der Waals surface area contributed by atoms with E-state index in [0.717, 1.165) is 5.56 Å². The van der Waals surface area contributed by atoms with E-state index >= 15 is 0 Å². The zero-order valence-corrected chi connectivity index (χ0v) is 13.7. The summed E-state index contributed by atoms with van der Waals surface area (Å²) in [5.74, 6) is 0.305. The van der Waals surface area contributed by atoms with Crippen molar-refractivity contribution in [2.75, 3.05) is 0 Å². The minimum absolute atomic E-state index is 0.190. The zero-order valence-electron chi connectivity index (χ0n) is 13.7. The number of ketones is 1. The predicted molar refractivity (Wildman–Crippen MR) is 97.2 cm³/mol. The van der Waals surface area contributed by atoms with E-state index in [1.165, 1.54) is 0 Å². The molecule has 1 aliphatic rings. The van der Waals surface area contributed by atoms with Gasteiger partial charge in [0.05, 0.1) is 11.1 Å². The quantitative estimate of drug-likeness (QED) is 0.399. The molecule has 0 saturated heterocycles. The SMILES string of the molecule is O=C(Oc1ccc2c(c1)O/C(=C/c1ccccc1)C2=O)c1ccccc1. The fourth-order valence-electron chi connectivity index (χ4n) is 2.67. The van der Waals surface area contributed by atoms with Crippen LogP contribution in [0.2, 0.25) is 0 Å². The van der Waals surface area contributed by atoms with Crippen LogP contribution in [0, 0.1) is 0 Å². The van der Waals surface area contributed by atoms with Gasteiger partial charge in [0.1, 0.15) is 11.5 Å². The van der Waals surface area contributed by atoms with Crippen molar-refractivity contribution < 1.29 is 19.1 Å². The van der Waals surface area contributed by atoms with Gasteiger partial charge in [-0.3, -0.25) is 4.79 Å². The normalized spacial score (nSPS) is 14.0. The summed E-state index contributed by atoms with van der Waals surface area (Å²) < 4.78 is 11.0. The molecule has 0 radical (unpaired) electrons. The first-order chi connectivity index (χ1) is 12.7. The molecule has 126 valence electrons. The highest BCUT2D eigenvalue weighted by Crippen LogP contribution is 2.35. The second-order valence-electron chi connectivity index (χ2n) is 5.76. The molecule has 0 bridgehead atoms. The molecule has 26 heavy (non-hydrogen) atoms. The molecule has 0 spiro atoms. The van der Waals surface area contributed by atoms with Gasteiger partial charge >= 0.3 is 5.97 Å². The summed E-state index contributed by atoms with van der Waals surface area (Å²) in [6.45, 7) is 0. The Morgan fingerprint density at radius 3 is 2.31 bits per heavy atom. The van der Waals surface area contributed by atoms with E-state index in [-0.39, 0.29) is 11.5 Å². The molecule has 0 aliphatic carbocycles.